The number of amides is 1. The number of sulfonamides is 1. The highest BCUT2D eigenvalue weighted by Gasteiger charge is 2.27. The molecule has 3 aromatic rings. The molecule has 1 amide bonds. The Morgan fingerprint density at radius 3 is 2.21 bits per heavy atom. The van der Waals surface area contributed by atoms with Gasteiger partial charge >= 0.3 is 0 Å². The molecule has 180 valence electrons. The van der Waals surface area contributed by atoms with Gasteiger partial charge in [-0.05, 0) is 49.2 Å². The molecule has 8 heteroatoms. The van der Waals surface area contributed by atoms with Crippen molar-refractivity contribution in [3.8, 4) is 11.5 Å². The Morgan fingerprint density at radius 1 is 0.912 bits per heavy atom. The lowest BCUT2D eigenvalue weighted by Gasteiger charge is -2.24. The van der Waals surface area contributed by atoms with Crippen molar-refractivity contribution in [1.29, 1.82) is 0 Å². The van der Waals surface area contributed by atoms with Gasteiger partial charge in [-0.3, -0.25) is 4.79 Å². The Hall–Kier alpha value is -3.36. The first-order valence-electron chi connectivity index (χ1n) is 11.0. The lowest BCUT2D eigenvalue weighted by atomic mass is 10.1. The van der Waals surface area contributed by atoms with E-state index in [0.29, 0.717) is 17.9 Å². The van der Waals surface area contributed by atoms with E-state index in [4.69, 9.17) is 9.47 Å². The van der Waals surface area contributed by atoms with E-state index in [1.54, 1.807) is 19.2 Å². The summed E-state index contributed by atoms with van der Waals surface area (Å²) in [7, 11) is -0.826. The molecule has 1 unspecified atom stereocenters. The summed E-state index contributed by atoms with van der Waals surface area (Å²) in [5.74, 6) is 0.809. The van der Waals surface area contributed by atoms with Gasteiger partial charge in [0.05, 0.1) is 31.7 Å². The number of hydrogen-bond acceptors (Lipinski definition) is 5. The van der Waals surface area contributed by atoms with Gasteiger partial charge in [-0.2, -0.15) is 4.31 Å². The molecule has 7 nitrogen and oxygen atoms in total. The first kappa shape index (κ1) is 25.3. The van der Waals surface area contributed by atoms with Crippen molar-refractivity contribution in [3.63, 3.8) is 0 Å². The molecule has 3 aromatic carbocycles. The van der Waals surface area contributed by atoms with E-state index in [0.717, 1.165) is 11.1 Å². The second kappa shape index (κ2) is 11.7. The zero-order valence-corrected chi connectivity index (χ0v) is 20.4. The Bertz CT molecular complexity index is 1180. The molecule has 3 rings (SSSR count). The summed E-state index contributed by atoms with van der Waals surface area (Å²) in [6, 6.07) is 22.8. The molecule has 1 N–H and O–H groups in total. The fourth-order valence-electron chi connectivity index (χ4n) is 3.63. The first-order chi connectivity index (χ1) is 16.3. The highest BCUT2D eigenvalue weighted by molar-refractivity contribution is 7.89. The maximum atomic E-state index is 13.4. The van der Waals surface area contributed by atoms with Crippen LogP contribution in [0, 0.1) is 0 Å². The van der Waals surface area contributed by atoms with Crippen molar-refractivity contribution in [2.75, 3.05) is 27.3 Å². The normalized spacial score (nSPS) is 12.2. The van der Waals surface area contributed by atoms with Crippen LogP contribution < -0.4 is 14.8 Å². The van der Waals surface area contributed by atoms with Crippen LogP contribution in [0.25, 0.3) is 0 Å². The number of methoxy groups -OCH3 is 2. The number of carbonyl (C=O) groups excluding carboxylic acids is 1. The summed E-state index contributed by atoms with van der Waals surface area (Å²) < 4.78 is 38.6. The van der Waals surface area contributed by atoms with Crippen molar-refractivity contribution in [2.24, 2.45) is 0 Å². The molecule has 0 aromatic heterocycles. The van der Waals surface area contributed by atoms with Crippen molar-refractivity contribution in [1.82, 2.24) is 9.62 Å². The molecule has 0 saturated heterocycles. The quantitative estimate of drug-likeness (QED) is 0.449. The fourth-order valence-corrected chi connectivity index (χ4v) is 5.03. The maximum Gasteiger partial charge on any atom is 0.243 e. The van der Waals surface area contributed by atoms with E-state index in [9.17, 15) is 13.2 Å². The Kier molecular flexibility index (Phi) is 8.67. The number of hydrogen-bond donors (Lipinski definition) is 1. The van der Waals surface area contributed by atoms with E-state index in [2.05, 4.69) is 5.32 Å². The molecule has 0 saturated carbocycles. The van der Waals surface area contributed by atoms with Gasteiger partial charge in [0.1, 0.15) is 11.5 Å². The zero-order valence-electron chi connectivity index (χ0n) is 19.6. The molecular weight excluding hydrogens is 452 g/mol. The summed E-state index contributed by atoms with van der Waals surface area (Å²) in [6.07, 6.45) is 0.478. The van der Waals surface area contributed by atoms with Crippen LogP contribution in [0.5, 0.6) is 11.5 Å². The number of ether oxygens (including phenoxy) is 2. The topological polar surface area (TPSA) is 84.9 Å². The maximum absolute atomic E-state index is 13.4. The summed E-state index contributed by atoms with van der Waals surface area (Å²) in [4.78, 5) is 13.1. The van der Waals surface area contributed by atoms with Gasteiger partial charge in [0.2, 0.25) is 15.9 Å². The molecule has 0 fully saturated rings. The van der Waals surface area contributed by atoms with Crippen molar-refractivity contribution in [2.45, 2.75) is 24.3 Å². The number of para-hydroxylation sites is 1. The number of nitrogens with one attached hydrogen (secondary N) is 1. The van der Waals surface area contributed by atoms with Gasteiger partial charge < -0.3 is 14.8 Å². The van der Waals surface area contributed by atoms with Crippen molar-refractivity contribution in [3.05, 3.63) is 90.0 Å². The van der Waals surface area contributed by atoms with E-state index in [1.165, 1.54) is 23.5 Å². The minimum absolute atomic E-state index is 0.104. The van der Waals surface area contributed by atoms with Crippen LogP contribution in [0.2, 0.25) is 0 Å². The van der Waals surface area contributed by atoms with E-state index < -0.39 is 15.9 Å². The number of carbonyl (C=O) groups is 1. The first-order valence-corrected chi connectivity index (χ1v) is 12.4. The van der Waals surface area contributed by atoms with Gasteiger partial charge in [-0.1, -0.05) is 48.5 Å². The van der Waals surface area contributed by atoms with Gasteiger partial charge in [0.15, 0.2) is 0 Å². The predicted octanol–water partition coefficient (Wildman–Crippen LogP) is 3.81. The summed E-state index contributed by atoms with van der Waals surface area (Å²) in [5.41, 5.74) is 1.80. The third-order valence-corrected chi connectivity index (χ3v) is 7.35. The fraction of sp³-hybridized carbons (Fsp3) is 0.269. The average Bonchev–Trinajstić information content (AvgIpc) is 2.86. The minimum atomic E-state index is -3.91. The van der Waals surface area contributed by atoms with E-state index in [-0.39, 0.29) is 24.0 Å². The molecule has 0 aliphatic heterocycles. The number of benzene rings is 3. The van der Waals surface area contributed by atoms with Crippen LogP contribution in [-0.2, 0) is 21.2 Å². The summed E-state index contributed by atoms with van der Waals surface area (Å²) in [6.45, 7) is 1.69. The molecule has 34 heavy (non-hydrogen) atoms. The highest BCUT2D eigenvalue weighted by Crippen LogP contribution is 2.25. The second-order valence-corrected chi connectivity index (χ2v) is 9.72. The van der Waals surface area contributed by atoms with E-state index >= 15 is 0 Å². The molecule has 0 heterocycles. The molecule has 0 aliphatic rings. The van der Waals surface area contributed by atoms with Crippen LogP contribution >= 0.6 is 0 Å². The van der Waals surface area contributed by atoms with Crippen LogP contribution in [-0.4, -0.2) is 45.9 Å². The monoisotopic (exact) mass is 482 g/mol. The third-order valence-electron chi connectivity index (χ3n) is 5.49. The van der Waals surface area contributed by atoms with Crippen LogP contribution in [0.1, 0.15) is 24.1 Å². The largest absolute Gasteiger partial charge is 0.497 e. The summed E-state index contributed by atoms with van der Waals surface area (Å²) >= 11 is 0. The van der Waals surface area contributed by atoms with Gasteiger partial charge in [0, 0.05) is 12.1 Å². The molecule has 0 spiro atoms. The van der Waals surface area contributed by atoms with Gasteiger partial charge in [0.25, 0.3) is 0 Å². The third kappa shape index (κ3) is 6.36. The Labute approximate surface area is 201 Å². The SMILES string of the molecule is COc1ccc(S(=O)(=O)N(CCc2ccccc2)CC(=O)NC(C)c2ccccc2OC)cc1. The standard InChI is InChI=1S/C26H30N2O5S/c1-20(24-11-7-8-12-25(24)33-3)27-26(29)19-28(18-17-21-9-5-4-6-10-21)34(30,31)23-15-13-22(32-2)14-16-23/h4-16,20H,17-19H2,1-3H3,(H,27,29). The molecule has 0 aliphatic carbocycles. The zero-order chi connectivity index (χ0) is 24.6. The van der Waals surface area contributed by atoms with Gasteiger partial charge in [-0.25, -0.2) is 8.42 Å². The van der Waals surface area contributed by atoms with Crippen molar-refractivity contribution < 1.29 is 22.7 Å². The van der Waals surface area contributed by atoms with Crippen LogP contribution in [0.3, 0.4) is 0 Å². The highest BCUT2D eigenvalue weighted by atomic mass is 32.2. The van der Waals surface area contributed by atoms with Gasteiger partial charge in [-0.15, -0.1) is 0 Å². The molecule has 1 atom stereocenters. The smallest absolute Gasteiger partial charge is 0.243 e. The number of nitrogens with zero attached hydrogens (tertiary/aromatic N) is 1. The lowest BCUT2D eigenvalue weighted by molar-refractivity contribution is -0.121. The van der Waals surface area contributed by atoms with Crippen LogP contribution in [0.4, 0.5) is 0 Å². The van der Waals surface area contributed by atoms with E-state index in [1.807, 2.05) is 61.5 Å². The molecule has 0 bridgehead atoms. The van der Waals surface area contributed by atoms with Crippen molar-refractivity contribution >= 4 is 15.9 Å². The Balaban J connectivity index is 1.80. The average molecular weight is 483 g/mol. The summed E-state index contributed by atoms with van der Waals surface area (Å²) in [5, 5.41) is 2.90. The lowest BCUT2D eigenvalue weighted by Crippen LogP contribution is -2.42. The Morgan fingerprint density at radius 2 is 1.56 bits per heavy atom. The predicted molar refractivity (Wildman–Crippen MR) is 131 cm³/mol. The van der Waals surface area contributed by atoms with Crippen LogP contribution in [0.15, 0.2) is 83.8 Å². The minimum Gasteiger partial charge on any atom is -0.497 e. The molecule has 0 radical (unpaired) electrons. The second-order valence-electron chi connectivity index (χ2n) is 7.78. The molecular formula is C26H30N2O5S. The number of rotatable bonds is 11.